The zero-order valence-electron chi connectivity index (χ0n) is 11.5. The van der Waals surface area contributed by atoms with Crippen molar-refractivity contribution in [2.45, 2.75) is 39.5 Å². The summed E-state index contributed by atoms with van der Waals surface area (Å²) in [5.41, 5.74) is 8.45. The molecule has 0 aliphatic carbocycles. The van der Waals surface area contributed by atoms with Crippen molar-refractivity contribution in [3.8, 4) is 11.5 Å². The van der Waals surface area contributed by atoms with Crippen molar-refractivity contribution in [3.63, 3.8) is 0 Å². The molecule has 0 unspecified atom stereocenters. The summed E-state index contributed by atoms with van der Waals surface area (Å²) in [6.07, 6.45) is 5.78. The van der Waals surface area contributed by atoms with Gasteiger partial charge in [-0.15, -0.1) is 0 Å². The Kier molecular flexibility index (Phi) is 4.63. The number of pyridine rings is 1. The predicted molar refractivity (Wildman–Crippen MR) is 73.6 cm³/mol. The number of rotatable bonds is 6. The summed E-state index contributed by atoms with van der Waals surface area (Å²) in [5.74, 6) is 1.25. The Morgan fingerprint density at radius 2 is 2.05 bits per heavy atom. The maximum atomic E-state index is 5.46. The maximum absolute atomic E-state index is 5.46. The van der Waals surface area contributed by atoms with Crippen molar-refractivity contribution < 1.29 is 4.52 Å². The lowest BCUT2D eigenvalue weighted by atomic mass is 10.1. The average molecular weight is 260 g/mol. The van der Waals surface area contributed by atoms with E-state index in [1.807, 2.05) is 20.0 Å². The van der Waals surface area contributed by atoms with Crippen molar-refractivity contribution in [1.82, 2.24) is 15.1 Å². The molecule has 0 bridgehead atoms. The maximum Gasteiger partial charge on any atom is 0.227 e. The van der Waals surface area contributed by atoms with E-state index in [9.17, 15) is 0 Å². The minimum absolute atomic E-state index is 0.575. The Bertz CT molecular complexity index is 536. The van der Waals surface area contributed by atoms with Crippen molar-refractivity contribution in [2.75, 3.05) is 6.54 Å². The van der Waals surface area contributed by atoms with E-state index in [0.29, 0.717) is 11.7 Å². The van der Waals surface area contributed by atoms with Gasteiger partial charge in [0.2, 0.25) is 11.7 Å². The molecule has 0 atom stereocenters. The van der Waals surface area contributed by atoms with Gasteiger partial charge in [0.05, 0.1) is 0 Å². The second-order valence-electron chi connectivity index (χ2n) is 4.79. The first-order chi connectivity index (χ1) is 9.20. The number of aromatic nitrogens is 3. The quantitative estimate of drug-likeness (QED) is 0.807. The van der Waals surface area contributed by atoms with Gasteiger partial charge in [-0.3, -0.25) is 4.98 Å². The van der Waals surface area contributed by atoms with Crippen molar-refractivity contribution in [3.05, 3.63) is 29.3 Å². The van der Waals surface area contributed by atoms with Gasteiger partial charge >= 0.3 is 0 Å². The van der Waals surface area contributed by atoms with Crippen LogP contribution in [-0.4, -0.2) is 21.7 Å². The van der Waals surface area contributed by atoms with Crippen LogP contribution in [0.5, 0.6) is 0 Å². The molecule has 5 heteroatoms. The lowest BCUT2D eigenvalue weighted by Crippen LogP contribution is -1.98. The topological polar surface area (TPSA) is 77.8 Å². The highest BCUT2D eigenvalue weighted by Gasteiger charge is 2.12. The van der Waals surface area contributed by atoms with Crippen LogP contribution in [0.2, 0.25) is 0 Å². The molecule has 0 aromatic carbocycles. The molecular formula is C14H20N4O. The van der Waals surface area contributed by atoms with E-state index in [1.54, 1.807) is 0 Å². The van der Waals surface area contributed by atoms with Gasteiger partial charge in [-0.2, -0.15) is 4.98 Å². The van der Waals surface area contributed by atoms with Gasteiger partial charge in [-0.05, 0) is 44.4 Å². The standard InChI is InChI=1S/C14H20N4O/c1-10-8-11(2)13(16-9-10)14-17-12(19-18-14)6-4-3-5-7-15/h8-9H,3-7,15H2,1-2H3. The monoisotopic (exact) mass is 260 g/mol. The summed E-state index contributed by atoms with van der Waals surface area (Å²) in [7, 11) is 0. The van der Waals surface area contributed by atoms with Crippen LogP contribution >= 0.6 is 0 Å². The molecular weight excluding hydrogens is 240 g/mol. The van der Waals surface area contributed by atoms with Gasteiger partial charge in [0.1, 0.15) is 5.69 Å². The smallest absolute Gasteiger partial charge is 0.227 e. The van der Waals surface area contributed by atoms with Gasteiger partial charge in [0.15, 0.2) is 0 Å². The van der Waals surface area contributed by atoms with Crippen LogP contribution in [0.15, 0.2) is 16.8 Å². The third-order valence-electron chi connectivity index (χ3n) is 2.99. The van der Waals surface area contributed by atoms with Crippen LogP contribution in [-0.2, 0) is 6.42 Å². The van der Waals surface area contributed by atoms with E-state index < -0.39 is 0 Å². The minimum atomic E-state index is 0.575. The van der Waals surface area contributed by atoms with E-state index in [-0.39, 0.29) is 0 Å². The molecule has 0 amide bonds. The first kappa shape index (κ1) is 13.7. The SMILES string of the molecule is Cc1cnc(-c2noc(CCCCCN)n2)c(C)c1. The van der Waals surface area contributed by atoms with Crippen LogP contribution in [0.25, 0.3) is 11.5 Å². The number of nitrogens with zero attached hydrogens (tertiary/aromatic N) is 3. The lowest BCUT2D eigenvalue weighted by molar-refractivity contribution is 0.374. The van der Waals surface area contributed by atoms with Gasteiger partial charge in [-0.1, -0.05) is 17.6 Å². The fourth-order valence-electron chi connectivity index (χ4n) is 2.00. The van der Waals surface area contributed by atoms with E-state index >= 15 is 0 Å². The second-order valence-corrected chi connectivity index (χ2v) is 4.79. The Hall–Kier alpha value is -1.75. The molecule has 102 valence electrons. The molecule has 19 heavy (non-hydrogen) atoms. The number of hydrogen-bond donors (Lipinski definition) is 1. The summed E-state index contributed by atoms with van der Waals surface area (Å²) < 4.78 is 5.25. The second kappa shape index (κ2) is 6.43. The zero-order valence-corrected chi connectivity index (χ0v) is 11.5. The van der Waals surface area contributed by atoms with Crippen LogP contribution in [0.4, 0.5) is 0 Å². The van der Waals surface area contributed by atoms with Crippen LogP contribution in [0, 0.1) is 13.8 Å². The van der Waals surface area contributed by atoms with Crippen LogP contribution < -0.4 is 5.73 Å². The summed E-state index contributed by atoms with van der Waals surface area (Å²) in [6, 6.07) is 2.07. The average Bonchev–Trinajstić information content (AvgIpc) is 2.83. The van der Waals surface area contributed by atoms with E-state index in [4.69, 9.17) is 10.3 Å². The molecule has 0 fully saturated rings. The van der Waals surface area contributed by atoms with Gasteiger partial charge in [-0.25, -0.2) is 0 Å². The zero-order chi connectivity index (χ0) is 13.7. The number of nitrogens with two attached hydrogens (primary N) is 1. The minimum Gasteiger partial charge on any atom is -0.339 e. The molecule has 2 rings (SSSR count). The van der Waals surface area contributed by atoms with Crippen molar-refractivity contribution in [1.29, 1.82) is 0 Å². The fraction of sp³-hybridized carbons (Fsp3) is 0.500. The molecule has 2 aromatic heterocycles. The molecule has 0 spiro atoms. The van der Waals surface area contributed by atoms with Crippen LogP contribution in [0.1, 0.15) is 36.3 Å². The largest absolute Gasteiger partial charge is 0.339 e. The predicted octanol–water partition coefficient (Wildman–Crippen LogP) is 2.42. The Balaban J connectivity index is 2.04. The third kappa shape index (κ3) is 3.61. The number of hydrogen-bond acceptors (Lipinski definition) is 5. The molecule has 0 aliphatic heterocycles. The molecule has 2 aromatic rings. The molecule has 0 saturated carbocycles. The van der Waals surface area contributed by atoms with Crippen molar-refractivity contribution in [2.24, 2.45) is 5.73 Å². The van der Waals surface area contributed by atoms with Gasteiger partial charge in [0.25, 0.3) is 0 Å². The molecule has 2 heterocycles. The summed E-state index contributed by atoms with van der Waals surface area (Å²) in [5, 5.41) is 4.00. The lowest BCUT2D eigenvalue weighted by Gasteiger charge is -2.00. The number of unbranched alkanes of at least 4 members (excludes halogenated alkanes) is 2. The Morgan fingerprint density at radius 1 is 1.21 bits per heavy atom. The normalized spacial score (nSPS) is 10.9. The third-order valence-corrected chi connectivity index (χ3v) is 2.99. The highest BCUT2D eigenvalue weighted by molar-refractivity contribution is 5.53. The van der Waals surface area contributed by atoms with Crippen LogP contribution in [0.3, 0.4) is 0 Å². The molecule has 0 aliphatic rings. The van der Waals surface area contributed by atoms with Gasteiger partial charge < -0.3 is 10.3 Å². The van der Waals surface area contributed by atoms with E-state index in [2.05, 4.69) is 21.2 Å². The van der Waals surface area contributed by atoms with Crippen molar-refractivity contribution >= 4 is 0 Å². The molecule has 0 radical (unpaired) electrons. The van der Waals surface area contributed by atoms with Gasteiger partial charge in [0, 0.05) is 12.6 Å². The first-order valence-electron chi connectivity index (χ1n) is 6.67. The summed E-state index contributed by atoms with van der Waals surface area (Å²) in [4.78, 5) is 8.77. The highest BCUT2D eigenvalue weighted by Crippen LogP contribution is 2.19. The fourth-order valence-corrected chi connectivity index (χ4v) is 2.00. The first-order valence-corrected chi connectivity index (χ1v) is 6.67. The van der Waals surface area contributed by atoms with E-state index in [0.717, 1.165) is 49.0 Å². The Labute approximate surface area is 113 Å². The highest BCUT2D eigenvalue weighted by atomic mass is 16.5. The summed E-state index contributed by atoms with van der Waals surface area (Å²) in [6.45, 7) is 4.76. The molecule has 2 N–H and O–H groups in total. The summed E-state index contributed by atoms with van der Waals surface area (Å²) >= 11 is 0. The number of aryl methyl sites for hydroxylation is 3. The van der Waals surface area contributed by atoms with E-state index in [1.165, 1.54) is 0 Å². The molecule has 5 nitrogen and oxygen atoms in total. The molecule has 0 saturated heterocycles. The Morgan fingerprint density at radius 3 is 2.79 bits per heavy atom.